The van der Waals surface area contributed by atoms with Crippen LogP contribution in [0.3, 0.4) is 0 Å². The van der Waals surface area contributed by atoms with E-state index in [2.05, 4.69) is 5.32 Å². The molecule has 1 atom stereocenters. The van der Waals surface area contributed by atoms with E-state index in [1.807, 2.05) is 37.3 Å². The first-order valence-electron chi connectivity index (χ1n) is 6.76. The third-order valence-electron chi connectivity index (χ3n) is 3.25. The van der Waals surface area contributed by atoms with E-state index in [0.717, 1.165) is 24.4 Å². The molecule has 0 radical (unpaired) electrons. The monoisotopic (exact) mass is 247 g/mol. The lowest BCUT2D eigenvalue weighted by Gasteiger charge is -2.17. The molecule has 1 N–H and O–H groups in total. The minimum absolute atomic E-state index is 0.181. The molecule has 18 heavy (non-hydrogen) atoms. The van der Waals surface area contributed by atoms with Crippen molar-refractivity contribution in [2.45, 2.75) is 32.2 Å². The fourth-order valence-corrected chi connectivity index (χ4v) is 2.05. The molecule has 98 valence electrons. The van der Waals surface area contributed by atoms with Gasteiger partial charge in [-0.3, -0.25) is 0 Å². The third-order valence-corrected chi connectivity index (χ3v) is 3.25. The summed E-state index contributed by atoms with van der Waals surface area (Å²) in [5, 5.41) is 3.32. The molecule has 2 rings (SSSR count). The average Bonchev–Trinajstić information content (AvgIpc) is 3.20. The van der Waals surface area contributed by atoms with Gasteiger partial charge in [0.1, 0.15) is 6.04 Å². The van der Waals surface area contributed by atoms with Crippen LogP contribution < -0.4 is 5.32 Å². The number of esters is 1. The van der Waals surface area contributed by atoms with E-state index in [1.54, 1.807) is 0 Å². The van der Waals surface area contributed by atoms with Gasteiger partial charge in [-0.2, -0.15) is 0 Å². The maximum Gasteiger partial charge on any atom is 0.327 e. The predicted octanol–water partition coefficient (Wildman–Crippen LogP) is 2.68. The van der Waals surface area contributed by atoms with E-state index >= 15 is 0 Å². The van der Waals surface area contributed by atoms with Crippen LogP contribution in [0.25, 0.3) is 0 Å². The van der Waals surface area contributed by atoms with Crippen LogP contribution in [-0.4, -0.2) is 19.1 Å². The van der Waals surface area contributed by atoms with Crippen molar-refractivity contribution in [3.8, 4) is 0 Å². The summed E-state index contributed by atoms with van der Waals surface area (Å²) < 4.78 is 5.13. The molecule has 0 heterocycles. The number of ether oxygens (including phenoxy) is 1. The van der Waals surface area contributed by atoms with E-state index in [1.165, 1.54) is 12.8 Å². The van der Waals surface area contributed by atoms with Gasteiger partial charge in [-0.1, -0.05) is 43.2 Å². The zero-order valence-electron chi connectivity index (χ0n) is 10.9. The molecule has 3 nitrogen and oxygen atoms in total. The van der Waals surface area contributed by atoms with Crippen molar-refractivity contribution in [2.75, 3.05) is 13.2 Å². The second-order valence-corrected chi connectivity index (χ2v) is 4.78. The highest BCUT2D eigenvalue weighted by Gasteiger charge is 2.24. The maximum atomic E-state index is 12.0. The minimum atomic E-state index is -0.329. The normalized spacial score (nSPS) is 16.3. The second-order valence-electron chi connectivity index (χ2n) is 4.78. The van der Waals surface area contributed by atoms with Crippen LogP contribution in [0.5, 0.6) is 0 Å². The molecule has 0 amide bonds. The summed E-state index contributed by atoms with van der Waals surface area (Å²) in [7, 11) is 0. The first-order chi connectivity index (χ1) is 8.81. The van der Waals surface area contributed by atoms with Crippen LogP contribution in [0.4, 0.5) is 0 Å². The zero-order valence-corrected chi connectivity index (χ0v) is 10.9. The summed E-state index contributed by atoms with van der Waals surface area (Å²) in [4.78, 5) is 12.0. The van der Waals surface area contributed by atoms with Crippen LogP contribution in [0.2, 0.25) is 0 Å². The van der Waals surface area contributed by atoms with Gasteiger partial charge in [-0.25, -0.2) is 4.79 Å². The average molecular weight is 247 g/mol. The molecule has 1 aromatic carbocycles. The molecule has 1 fully saturated rings. The minimum Gasteiger partial charge on any atom is -0.465 e. The Morgan fingerprint density at radius 1 is 1.39 bits per heavy atom. The first kappa shape index (κ1) is 13.1. The van der Waals surface area contributed by atoms with Crippen LogP contribution in [0.15, 0.2) is 30.3 Å². The van der Waals surface area contributed by atoms with E-state index in [0.29, 0.717) is 6.61 Å². The molecule has 1 aromatic rings. The molecule has 1 saturated carbocycles. The van der Waals surface area contributed by atoms with E-state index in [4.69, 9.17) is 4.74 Å². The highest BCUT2D eigenvalue weighted by Crippen LogP contribution is 2.32. The summed E-state index contributed by atoms with van der Waals surface area (Å²) in [5.74, 6) is 0.690. The summed E-state index contributed by atoms with van der Waals surface area (Å²) in [5.41, 5.74) is 0.978. The molecule has 0 aliphatic heterocycles. The Bertz CT molecular complexity index is 373. The van der Waals surface area contributed by atoms with E-state index in [9.17, 15) is 4.79 Å². The number of hydrogen-bond acceptors (Lipinski definition) is 3. The number of nitrogens with one attached hydrogen (secondary N) is 1. The van der Waals surface area contributed by atoms with E-state index < -0.39 is 0 Å². The lowest BCUT2D eigenvalue weighted by Crippen LogP contribution is -2.31. The van der Waals surface area contributed by atoms with Gasteiger partial charge in [0, 0.05) is 0 Å². The summed E-state index contributed by atoms with van der Waals surface area (Å²) in [6.07, 6.45) is 3.84. The Hall–Kier alpha value is -1.35. The van der Waals surface area contributed by atoms with Crippen molar-refractivity contribution in [3.05, 3.63) is 35.9 Å². The SMILES string of the molecule is CCOC(=O)C(NCCC1CC1)c1ccccc1. The molecule has 1 aliphatic carbocycles. The van der Waals surface area contributed by atoms with Gasteiger partial charge in [0.2, 0.25) is 0 Å². The summed E-state index contributed by atoms with van der Waals surface area (Å²) in [6.45, 7) is 3.14. The van der Waals surface area contributed by atoms with Gasteiger partial charge >= 0.3 is 5.97 Å². The van der Waals surface area contributed by atoms with Crippen LogP contribution in [0.1, 0.15) is 37.8 Å². The molecule has 1 unspecified atom stereocenters. The third kappa shape index (κ3) is 3.84. The summed E-state index contributed by atoms with van der Waals surface area (Å²) in [6, 6.07) is 9.45. The van der Waals surface area contributed by atoms with E-state index in [-0.39, 0.29) is 12.0 Å². The Morgan fingerprint density at radius 3 is 2.72 bits per heavy atom. The number of rotatable bonds is 7. The molecule has 0 saturated heterocycles. The van der Waals surface area contributed by atoms with Gasteiger partial charge in [-0.15, -0.1) is 0 Å². The predicted molar refractivity (Wildman–Crippen MR) is 71.2 cm³/mol. The zero-order chi connectivity index (χ0) is 12.8. The number of benzene rings is 1. The number of hydrogen-bond donors (Lipinski definition) is 1. The molecule has 0 bridgehead atoms. The molecular formula is C15H21NO2. The van der Waals surface area contributed by atoms with Crippen LogP contribution in [-0.2, 0) is 9.53 Å². The molecule has 1 aliphatic rings. The lowest BCUT2D eigenvalue weighted by atomic mass is 10.1. The van der Waals surface area contributed by atoms with Crippen molar-refractivity contribution < 1.29 is 9.53 Å². The van der Waals surface area contributed by atoms with Gasteiger partial charge in [0.25, 0.3) is 0 Å². The highest BCUT2D eigenvalue weighted by atomic mass is 16.5. The molecule has 3 heteroatoms. The van der Waals surface area contributed by atoms with Crippen molar-refractivity contribution in [1.82, 2.24) is 5.32 Å². The number of carbonyl (C=O) groups is 1. The Balaban J connectivity index is 1.94. The van der Waals surface area contributed by atoms with Crippen molar-refractivity contribution in [3.63, 3.8) is 0 Å². The van der Waals surface area contributed by atoms with Gasteiger partial charge in [-0.05, 0) is 31.4 Å². The Kier molecular flexibility index (Phi) is 4.76. The first-order valence-corrected chi connectivity index (χ1v) is 6.76. The summed E-state index contributed by atoms with van der Waals surface area (Å²) >= 11 is 0. The van der Waals surface area contributed by atoms with Crippen molar-refractivity contribution in [1.29, 1.82) is 0 Å². The molecule has 0 spiro atoms. The van der Waals surface area contributed by atoms with Crippen LogP contribution in [0, 0.1) is 5.92 Å². The fourth-order valence-electron chi connectivity index (χ4n) is 2.05. The Labute approximate surface area is 109 Å². The maximum absolute atomic E-state index is 12.0. The Morgan fingerprint density at radius 2 is 2.11 bits per heavy atom. The van der Waals surface area contributed by atoms with Gasteiger partial charge in [0.15, 0.2) is 0 Å². The highest BCUT2D eigenvalue weighted by molar-refractivity contribution is 5.77. The molecule has 0 aromatic heterocycles. The van der Waals surface area contributed by atoms with Crippen molar-refractivity contribution >= 4 is 5.97 Å². The lowest BCUT2D eigenvalue weighted by molar-refractivity contribution is -0.145. The molecular weight excluding hydrogens is 226 g/mol. The topological polar surface area (TPSA) is 38.3 Å². The smallest absolute Gasteiger partial charge is 0.327 e. The second kappa shape index (κ2) is 6.55. The van der Waals surface area contributed by atoms with Gasteiger partial charge in [0.05, 0.1) is 6.61 Å². The van der Waals surface area contributed by atoms with Crippen LogP contribution >= 0.6 is 0 Å². The fraction of sp³-hybridized carbons (Fsp3) is 0.533. The number of carbonyl (C=O) groups excluding carboxylic acids is 1. The quantitative estimate of drug-likeness (QED) is 0.753. The van der Waals surface area contributed by atoms with Gasteiger partial charge < -0.3 is 10.1 Å². The standard InChI is InChI=1S/C15H21NO2/c1-2-18-15(17)14(13-6-4-3-5-7-13)16-11-10-12-8-9-12/h3-7,12,14,16H,2,8-11H2,1H3. The largest absolute Gasteiger partial charge is 0.465 e. The van der Waals surface area contributed by atoms with Crippen molar-refractivity contribution in [2.24, 2.45) is 5.92 Å².